The van der Waals surface area contributed by atoms with Crippen LogP contribution in [0, 0.1) is 12.8 Å². The molecule has 2 aromatic rings. The average Bonchev–Trinajstić information content (AvgIpc) is 3.17. The molecule has 6 nitrogen and oxygen atoms in total. The first-order chi connectivity index (χ1) is 16.9. The normalized spacial score (nSPS) is 20.8. The van der Waals surface area contributed by atoms with Crippen LogP contribution in [0.5, 0.6) is 0 Å². The van der Waals surface area contributed by atoms with Gasteiger partial charge in [-0.1, -0.05) is 0 Å². The molecule has 0 bridgehead atoms. The molecule has 0 aromatic carbocycles. The van der Waals surface area contributed by atoms with Gasteiger partial charge in [-0.25, -0.2) is 13.8 Å². The molecule has 2 N–H and O–H groups in total. The molecule has 11 heteroatoms. The lowest BCUT2D eigenvalue weighted by Gasteiger charge is -2.31. The molecule has 1 saturated heterocycles. The number of carbonyl (C=O) groups excluding carboxylic acids is 1. The van der Waals surface area contributed by atoms with Gasteiger partial charge in [0.25, 0.3) is 0 Å². The molecule has 2 aromatic heterocycles. The minimum absolute atomic E-state index is 0.0124. The number of aryl methyl sites for hydroxylation is 1. The average molecular weight is 516 g/mol. The van der Waals surface area contributed by atoms with Crippen molar-refractivity contribution in [2.45, 2.75) is 69.6 Å². The second kappa shape index (κ2) is 10.1. The number of pyridine rings is 1. The molecule has 1 aliphatic carbocycles. The van der Waals surface area contributed by atoms with Gasteiger partial charge in [0, 0.05) is 57.2 Å². The molecule has 0 spiro atoms. The number of aromatic nitrogens is 2. The van der Waals surface area contributed by atoms with Crippen molar-refractivity contribution >= 4 is 17.6 Å². The van der Waals surface area contributed by atoms with Crippen LogP contribution >= 0.6 is 0 Å². The Bertz CT molecular complexity index is 1130. The van der Waals surface area contributed by atoms with Crippen molar-refractivity contribution in [2.24, 2.45) is 5.92 Å². The first kappa shape index (κ1) is 26.5. The number of rotatable bonds is 6. The number of amides is 1. The lowest BCUT2D eigenvalue weighted by atomic mass is 9.83. The molecule has 4 rings (SSSR count). The van der Waals surface area contributed by atoms with E-state index in [1.54, 1.807) is 13.0 Å². The lowest BCUT2D eigenvalue weighted by molar-refractivity contribution is -0.141. The molecular weight excluding hydrogens is 485 g/mol. The summed E-state index contributed by atoms with van der Waals surface area (Å²) in [6, 6.07) is 3.10. The molecule has 0 radical (unpaired) electrons. The topological polar surface area (TPSA) is 75.9 Å². The molecule has 198 valence electrons. The van der Waals surface area contributed by atoms with Crippen molar-refractivity contribution in [1.82, 2.24) is 14.7 Å². The Labute approximate surface area is 205 Å². The second-order valence-electron chi connectivity index (χ2n) is 9.92. The van der Waals surface area contributed by atoms with Crippen molar-refractivity contribution in [3.8, 4) is 0 Å². The van der Waals surface area contributed by atoms with Crippen molar-refractivity contribution < 1.29 is 36.6 Å². The van der Waals surface area contributed by atoms with E-state index in [9.17, 15) is 31.9 Å². The maximum absolute atomic E-state index is 13.8. The van der Waals surface area contributed by atoms with Crippen LogP contribution in [-0.2, 0) is 22.1 Å². The van der Waals surface area contributed by atoms with Gasteiger partial charge < -0.3 is 19.6 Å². The first-order valence-corrected chi connectivity index (χ1v) is 12.1. The molecule has 36 heavy (non-hydrogen) atoms. The molecule has 2 aliphatic rings. The van der Waals surface area contributed by atoms with Gasteiger partial charge in [0.15, 0.2) is 5.69 Å². The Morgan fingerprint density at radius 2 is 1.89 bits per heavy atom. The number of nitrogens with one attached hydrogen (secondary N) is 1. The number of aliphatic hydroxyl groups is 1. The van der Waals surface area contributed by atoms with Crippen LogP contribution in [0.15, 0.2) is 18.2 Å². The van der Waals surface area contributed by atoms with Gasteiger partial charge in [-0.2, -0.15) is 13.2 Å². The third-order valence-corrected chi connectivity index (χ3v) is 7.05. The minimum atomic E-state index is -4.69. The molecular formula is C25H30F5N3O3. The predicted molar refractivity (Wildman–Crippen MR) is 123 cm³/mol. The highest BCUT2D eigenvalue weighted by Gasteiger charge is 2.40. The molecule has 1 aliphatic heterocycles. The van der Waals surface area contributed by atoms with Crippen molar-refractivity contribution in [2.75, 3.05) is 19.8 Å². The number of nitrogens with zero attached hydrogens (tertiary/aromatic N) is 2. The number of imidazole rings is 1. The summed E-state index contributed by atoms with van der Waals surface area (Å²) >= 11 is 0. The van der Waals surface area contributed by atoms with Crippen LogP contribution in [0.25, 0.3) is 11.7 Å². The zero-order chi connectivity index (χ0) is 26.1. The van der Waals surface area contributed by atoms with Gasteiger partial charge in [0.05, 0.1) is 11.3 Å². The zero-order valence-electron chi connectivity index (χ0n) is 20.0. The first-order valence-electron chi connectivity index (χ1n) is 12.1. The molecule has 2 fully saturated rings. The summed E-state index contributed by atoms with van der Waals surface area (Å²) in [4.78, 5) is 16.1. The van der Waals surface area contributed by atoms with Gasteiger partial charge in [0.1, 0.15) is 5.65 Å². The SMILES string of the molecule is Cc1cc(/C=C/C(=O)NCC2(O)CCOCC2)cc2nc(C(F)(F)F)c(CC3CCC(F)(F)CC3)n12. The van der Waals surface area contributed by atoms with Crippen molar-refractivity contribution in [3.63, 3.8) is 0 Å². The van der Waals surface area contributed by atoms with E-state index in [0.717, 1.165) is 0 Å². The highest BCUT2D eigenvalue weighted by atomic mass is 19.4. The quantitative estimate of drug-likeness (QED) is 0.432. The molecule has 0 unspecified atom stereocenters. The number of halogens is 5. The minimum Gasteiger partial charge on any atom is -0.388 e. The van der Waals surface area contributed by atoms with Crippen molar-refractivity contribution in [3.05, 3.63) is 40.9 Å². The Kier molecular flexibility index (Phi) is 7.43. The third kappa shape index (κ3) is 6.23. The highest BCUT2D eigenvalue weighted by molar-refractivity contribution is 5.91. The van der Waals surface area contributed by atoms with Gasteiger partial charge in [-0.05, 0) is 55.9 Å². The zero-order valence-corrected chi connectivity index (χ0v) is 20.0. The number of ether oxygens (including phenoxy) is 1. The van der Waals surface area contributed by atoms with Crippen LogP contribution in [0.4, 0.5) is 22.0 Å². The van der Waals surface area contributed by atoms with Crippen LogP contribution in [0.3, 0.4) is 0 Å². The van der Waals surface area contributed by atoms with Gasteiger partial charge >= 0.3 is 6.18 Å². The fourth-order valence-electron chi connectivity index (χ4n) is 4.96. The Balaban J connectivity index is 1.53. The second-order valence-corrected chi connectivity index (χ2v) is 9.92. The smallest absolute Gasteiger partial charge is 0.388 e. The summed E-state index contributed by atoms with van der Waals surface area (Å²) in [5.41, 5.74) is -0.999. The van der Waals surface area contributed by atoms with E-state index < -0.39 is 29.3 Å². The Morgan fingerprint density at radius 1 is 1.22 bits per heavy atom. The molecule has 1 saturated carbocycles. The number of hydrogen-bond donors (Lipinski definition) is 2. The summed E-state index contributed by atoms with van der Waals surface area (Å²) in [6.07, 6.45) is -1.44. The van der Waals surface area contributed by atoms with E-state index in [-0.39, 0.29) is 55.9 Å². The van der Waals surface area contributed by atoms with Crippen LogP contribution < -0.4 is 5.32 Å². The Morgan fingerprint density at radius 3 is 2.53 bits per heavy atom. The van der Waals surface area contributed by atoms with E-state index in [4.69, 9.17) is 4.74 Å². The molecule has 3 heterocycles. The van der Waals surface area contributed by atoms with E-state index in [1.807, 2.05) is 0 Å². The summed E-state index contributed by atoms with van der Waals surface area (Å²) in [7, 11) is 0. The third-order valence-electron chi connectivity index (χ3n) is 7.05. The standard InChI is InChI=1S/C25H30F5N3O3/c1-16-12-18(2-3-21(34)31-15-23(35)8-10-36-11-9-23)14-20-32-22(25(28,29)30)19(33(16)20)13-17-4-6-24(26,27)7-5-17/h2-3,12,14,17,35H,4-11,13,15H2,1H3,(H,31,34)/b3-2+. The van der Waals surface area contributed by atoms with Crippen LogP contribution in [0.1, 0.15) is 61.2 Å². The summed E-state index contributed by atoms with van der Waals surface area (Å²) in [5.74, 6) is -3.48. The monoisotopic (exact) mass is 515 g/mol. The fraction of sp³-hybridized carbons (Fsp3) is 0.600. The van der Waals surface area contributed by atoms with E-state index >= 15 is 0 Å². The largest absolute Gasteiger partial charge is 0.435 e. The van der Waals surface area contributed by atoms with Crippen LogP contribution in [-0.4, -0.2) is 51.7 Å². The maximum atomic E-state index is 13.8. The number of hydrogen-bond acceptors (Lipinski definition) is 4. The van der Waals surface area contributed by atoms with Gasteiger partial charge in [-0.3, -0.25) is 4.79 Å². The number of fused-ring (bicyclic) bond motifs is 1. The van der Waals surface area contributed by atoms with E-state index in [1.165, 1.54) is 22.6 Å². The van der Waals surface area contributed by atoms with Gasteiger partial charge in [-0.15, -0.1) is 0 Å². The van der Waals surface area contributed by atoms with Gasteiger partial charge in [0.2, 0.25) is 11.8 Å². The molecule has 1 amide bonds. The number of carbonyl (C=O) groups is 1. The van der Waals surface area contributed by atoms with Crippen molar-refractivity contribution in [1.29, 1.82) is 0 Å². The lowest BCUT2D eigenvalue weighted by Crippen LogP contribution is -2.46. The Hall–Kier alpha value is -2.53. The molecule has 0 atom stereocenters. The summed E-state index contributed by atoms with van der Waals surface area (Å²) in [5, 5.41) is 13.1. The van der Waals surface area contributed by atoms with E-state index in [2.05, 4.69) is 10.3 Å². The van der Waals surface area contributed by atoms with E-state index in [0.29, 0.717) is 37.3 Å². The number of alkyl halides is 5. The summed E-state index contributed by atoms with van der Waals surface area (Å²) < 4.78 is 75.2. The maximum Gasteiger partial charge on any atom is 0.435 e. The summed E-state index contributed by atoms with van der Waals surface area (Å²) in [6.45, 7) is 2.55. The predicted octanol–water partition coefficient (Wildman–Crippen LogP) is 4.70. The van der Waals surface area contributed by atoms with Crippen LogP contribution in [0.2, 0.25) is 0 Å². The highest BCUT2D eigenvalue weighted by Crippen LogP contribution is 2.40. The fourth-order valence-corrected chi connectivity index (χ4v) is 4.96.